The molecule has 1 aromatic heterocycles. The van der Waals surface area contributed by atoms with Gasteiger partial charge in [0.2, 0.25) is 5.82 Å². The number of hydrazine groups is 1. The first kappa shape index (κ1) is 20.6. The van der Waals surface area contributed by atoms with E-state index in [4.69, 9.17) is 0 Å². The first-order valence-electron chi connectivity index (χ1n) is 9.18. The summed E-state index contributed by atoms with van der Waals surface area (Å²) in [5.74, 6) is -0.0567. The van der Waals surface area contributed by atoms with Gasteiger partial charge in [0.05, 0.1) is 21.8 Å². The summed E-state index contributed by atoms with van der Waals surface area (Å²) in [5.41, 5.74) is 7.72. The monoisotopic (exact) mass is 406 g/mol. The summed E-state index contributed by atoms with van der Waals surface area (Å²) >= 11 is 0. The van der Waals surface area contributed by atoms with Crippen molar-refractivity contribution >= 4 is 34.4 Å². The Kier molecular flexibility index (Phi) is 6.16. The fourth-order valence-corrected chi connectivity index (χ4v) is 2.34. The molecular weight excluding hydrogens is 384 g/mol. The van der Waals surface area contributed by atoms with Crippen molar-refractivity contribution in [2.24, 2.45) is 10.2 Å². The highest BCUT2D eigenvalue weighted by Gasteiger charge is 2.24. The van der Waals surface area contributed by atoms with E-state index in [2.05, 4.69) is 36.4 Å². The predicted molar refractivity (Wildman–Crippen MR) is 116 cm³/mol. The van der Waals surface area contributed by atoms with Gasteiger partial charge in [-0.2, -0.15) is 5.11 Å². The Hall–Kier alpha value is -4.08. The van der Waals surface area contributed by atoms with Crippen LogP contribution in [0.3, 0.4) is 0 Å². The van der Waals surface area contributed by atoms with E-state index in [0.29, 0.717) is 5.69 Å². The maximum absolute atomic E-state index is 11.6. The summed E-state index contributed by atoms with van der Waals surface area (Å²) in [4.78, 5) is 18.9. The molecule has 0 saturated carbocycles. The molecule has 10 heteroatoms. The van der Waals surface area contributed by atoms with Gasteiger partial charge in [0.25, 0.3) is 5.82 Å². The first-order chi connectivity index (χ1) is 14.3. The number of hydrogen-bond donors (Lipinski definition) is 3. The van der Waals surface area contributed by atoms with Gasteiger partial charge in [0.1, 0.15) is 6.33 Å². The van der Waals surface area contributed by atoms with E-state index in [1.54, 1.807) is 12.1 Å². The summed E-state index contributed by atoms with van der Waals surface area (Å²) in [6, 6.07) is 16.9. The molecule has 10 nitrogen and oxygen atoms in total. The lowest BCUT2D eigenvalue weighted by Crippen LogP contribution is -2.08. The number of anilines is 4. The number of nitrogens with one attached hydrogen (secondary N) is 3. The molecule has 3 N–H and O–H groups in total. The highest BCUT2D eigenvalue weighted by Crippen LogP contribution is 2.33. The number of nitro groups is 1. The van der Waals surface area contributed by atoms with Crippen LogP contribution >= 0.6 is 0 Å². The zero-order valence-corrected chi connectivity index (χ0v) is 16.8. The lowest BCUT2D eigenvalue weighted by atomic mass is 10.1. The number of nitrogens with zero attached hydrogens (tertiary/aromatic N) is 5. The lowest BCUT2D eigenvalue weighted by Gasteiger charge is -2.11. The standard InChI is InChI=1S/C20H22N8O2/c1-20(2,3)27-26-19-17(28(29)30)18(21-13-22-19)23-14-9-11-16(12-10-14)25-24-15-7-5-4-6-8-15/h4-13,24-25H,1-3H3,(H,21,22,23). The molecule has 0 bridgehead atoms. The molecule has 0 amide bonds. The Bertz CT molecular complexity index is 1030. The molecule has 3 aromatic rings. The molecule has 0 aliphatic heterocycles. The predicted octanol–water partition coefficient (Wildman–Crippen LogP) is 5.45. The van der Waals surface area contributed by atoms with E-state index in [0.717, 1.165) is 11.4 Å². The Morgan fingerprint density at radius 3 is 2.10 bits per heavy atom. The zero-order valence-electron chi connectivity index (χ0n) is 16.8. The molecule has 154 valence electrons. The van der Waals surface area contributed by atoms with E-state index >= 15 is 0 Å². The Morgan fingerprint density at radius 1 is 0.900 bits per heavy atom. The molecule has 3 rings (SSSR count). The lowest BCUT2D eigenvalue weighted by molar-refractivity contribution is -0.383. The van der Waals surface area contributed by atoms with Crippen molar-refractivity contribution in [1.82, 2.24) is 9.97 Å². The molecule has 30 heavy (non-hydrogen) atoms. The van der Waals surface area contributed by atoms with Crippen molar-refractivity contribution in [2.75, 3.05) is 16.2 Å². The third-order valence-electron chi connectivity index (χ3n) is 3.70. The summed E-state index contributed by atoms with van der Waals surface area (Å²) < 4.78 is 0. The van der Waals surface area contributed by atoms with Crippen molar-refractivity contribution in [3.8, 4) is 0 Å². The van der Waals surface area contributed by atoms with Crippen LogP contribution in [0.1, 0.15) is 20.8 Å². The van der Waals surface area contributed by atoms with Crippen LogP contribution in [-0.2, 0) is 0 Å². The van der Waals surface area contributed by atoms with Gasteiger partial charge in [0, 0.05) is 5.69 Å². The van der Waals surface area contributed by atoms with Crippen LogP contribution < -0.4 is 16.2 Å². The Morgan fingerprint density at radius 2 is 1.50 bits per heavy atom. The number of aromatic nitrogens is 2. The SMILES string of the molecule is CC(C)(C)N=Nc1ncnc(Nc2ccc(NNc3ccccc3)cc2)c1[N+](=O)[O-]. The molecular formula is C20H22N8O2. The second-order valence-corrected chi connectivity index (χ2v) is 7.34. The molecule has 0 saturated heterocycles. The quantitative estimate of drug-likeness (QED) is 0.270. The minimum Gasteiger partial charge on any atom is -0.334 e. The molecule has 0 unspecified atom stereocenters. The third-order valence-corrected chi connectivity index (χ3v) is 3.70. The van der Waals surface area contributed by atoms with Gasteiger partial charge in [-0.3, -0.25) is 10.1 Å². The van der Waals surface area contributed by atoms with E-state index in [1.165, 1.54) is 6.33 Å². The zero-order chi connectivity index (χ0) is 21.6. The molecule has 0 aliphatic rings. The number of hydrogen-bond acceptors (Lipinski definition) is 9. The summed E-state index contributed by atoms with van der Waals surface area (Å²) in [5, 5.41) is 22.6. The maximum atomic E-state index is 11.6. The van der Waals surface area contributed by atoms with Crippen molar-refractivity contribution in [2.45, 2.75) is 26.3 Å². The van der Waals surface area contributed by atoms with E-state index < -0.39 is 10.5 Å². The van der Waals surface area contributed by atoms with Gasteiger partial charge >= 0.3 is 5.69 Å². The van der Waals surface area contributed by atoms with Crippen LogP contribution in [-0.4, -0.2) is 20.4 Å². The average Bonchev–Trinajstić information content (AvgIpc) is 2.72. The topological polar surface area (TPSA) is 130 Å². The van der Waals surface area contributed by atoms with Crippen LogP contribution in [0.15, 0.2) is 71.2 Å². The number of para-hydroxylation sites is 1. The van der Waals surface area contributed by atoms with Gasteiger partial charge < -0.3 is 16.2 Å². The normalized spacial score (nSPS) is 11.3. The van der Waals surface area contributed by atoms with Gasteiger partial charge in [0.15, 0.2) is 0 Å². The number of azo groups is 1. The first-order valence-corrected chi connectivity index (χ1v) is 9.18. The van der Waals surface area contributed by atoms with Crippen LogP contribution in [0, 0.1) is 10.1 Å². The van der Waals surface area contributed by atoms with Crippen molar-refractivity contribution in [1.29, 1.82) is 0 Å². The highest BCUT2D eigenvalue weighted by molar-refractivity contribution is 5.72. The highest BCUT2D eigenvalue weighted by atomic mass is 16.6. The maximum Gasteiger partial charge on any atom is 0.357 e. The average molecular weight is 406 g/mol. The molecule has 2 aromatic carbocycles. The molecule has 0 radical (unpaired) electrons. The molecule has 0 spiro atoms. The molecule has 0 atom stereocenters. The second kappa shape index (κ2) is 8.95. The van der Waals surface area contributed by atoms with Gasteiger partial charge in [-0.25, -0.2) is 9.97 Å². The van der Waals surface area contributed by atoms with Crippen molar-refractivity contribution in [3.63, 3.8) is 0 Å². The van der Waals surface area contributed by atoms with E-state index in [9.17, 15) is 10.1 Å². The summed E-state index contributed by atoms with van der Waals surface area (Å²) in [6.45, 7) is 5.51. The number of rotatable bonds is 7. The van der Waals surface area contributed by atoms with Crippen molar-refractivity contribution < 1.29 is 4.92 Å². The Balaban J connectivity index is 1.75. The summed E-state index contributed by atoms with van der Waals surface area (Å²) in [6.07, 6.45) is 1.21. The van der Waals surface area contributed by atoms with Crippen LogP contribution in [0.5, 0.6) is 0 Å². The minimum atomic E-state index is -0.570. The fourth-order valence-electron chi connectivity index (χ4n) is 2.34. The van der Waals surface area contributed by atoms with E-state index in [-0.39, 0.29) is 17.3 Å². The third kappa shape index (κ3) is 5.71. The molecule has 1 heterocycles. The van der Waals surface area contributed by atoms with Crippen LogP contribution in [0.2, 0.25) is 0 Å². The summed E-state index contributed by atoms with van der Waals surface area (Å²) in [7, 11) is 0. The smallest absolute Gasteiger partial charge is 0.334 e. The molecule has 0 aliphatic carbocycles. The van der Waals surface area contributed by atoms with Crippen molar-refractivity contribution in [3.05, 3.63) is 71.0 Å². The fraction of sp³-hybridized carbons (Fsp3) is 0.200. The minimum absolute atomic E-state index is 0.0426. The van der Waals surface area contributed by atoms with E-state index in [1.807, 2.05) is 63.2 Å². The van der Waals surface area contributed by atoms with Crippen LogP contribution in [0.4, 0.5) is 34.4 Å². The van der Waals surface area contributed by atoms with Gasteiger partial charge in [-0.15, -0.1) is 5.11 Å². The largest absolute Gasteiger partial charge is 0.357 e. The number of benzene rings is 2. The Labute approximate surface area is 173 Å². The van der Waals surface area contributed by atoms with Gasteiger partial charge in [-0.1, -0.05) is 18.2 Å². The van der Waals surface area contributed by atoms with Gasteiger partial charge in [-0.05, 0) is 57.2 Å². The second-order valence-electron chi connectivity index (χ2n) is 7.34. The molecule has 0 fully saturated rings. The van der Waals surface area contributed by atoms with Crippen LogP contribution in [0.25, 0.3) is 0 Å².